The Kier molecular flexibility index (Phi) is 1.88. The largest absolute Gasteiger partial charge is 0.492 e. The lowest BCUT2D eigenvalue weighted by atomic mass is 9.79. The van der Waals surface area contributed by atoms with E-state index in [0.717, 1.165) is 11.0 Å². The van der Waals surface area contributed by atoms with Crippen molar-refractivity contribution in [3.05, 3.63) is 29.8 Å². The van der Waals surface area contributed by atoms with Crippen LogP contribution < -0.4 is 11.2 Å². The second-order valence-electron chi connectivity index (χ2n) is 2.77. The molecule has 1 heterocycles. The predicted molar refractivity (Wildman–Crippen MR) is 45.8 cm³/mol. The highest BCUT2D eigenvalue weighted by Crippen LogP contribution is 2.21. The van der Waals surface area contributed by atoms with E-state index in [9.17, 15) is 5.02 Å². The van der Waals surface area contributed by atoms with Gasteiger partial charge < -0.3 is 15.4 Å². The lowest BCUT2D eigenvalue weighted by Crippen LogP contribution is -2.27. The number of hydrogen-bond acceptors (Lipinski definition) is 3. The summed E-state index contributed by atoms with van der Waals surface area (Å²) < 4.78 is 5.19. The van der Waals surface area contributed by atoms with E-state index in [2.05, 4.69) is 6.07 Å². The second kappa shape index (κ2) is 2.90. The van der Waals surface area contributed by atoms with Crippen molar-refractivity contribution in [3.8, 4) is 0 Å². The Morgan fingerprint density at radius 3 is 3.33 bits per heavy atom. The van der Waals surface area contributed by atoms with E-state index < -0.39 is 7.12 Å². The summed E-state index contributed by atoms with van der Waals surface area (Å²) in [7, 11) is -0.828. The quantitative estimate of drug-likeness (QED) is 0.531. The fourth-order valence-electron chi connectivity index (χ4n) is 1.45. The molecule has 1 atom stereocenters. The minimum absolute atomic E-state index is 0.162. The number of benzene rings is 1. The molecule has 4 heteroatoms. The normalized spacial score (nSPS) is 21.2. The molecule has 0 aromatic heterocycles. The molecule has 3 N–H and O–H groups in total. The standard InChI is InChI=1S/C8H9BNO2/c10-5-8-6-3-1-2-4-7(6)9(11)12-8/h1,3-4,8,11H,5,10H2. The number of rotatable bonds is 1. The maximum Gasteiger partial charge on any atom is 0.492 e. The lowest BCUT2D eigenvalue weighted by molar-refractivity contribution is 0.198. The first-order valence-electron chi connectivity index (χ1n) is 3.86. The van der Waals surface area contributed by atoms with Gasteiger partial charge >= 0.3 is 7.12 Å². The molecule has 1 aliphatic rings. The van der Waals surface area contributed by atoms with Gasteiger partial charge in [-0.1, -0.05) is 18.2 Å². The van der Waals surface area contributed by atoms with Crippen LogP contribution in [0.4, 0.5) is 0 Å². The minimum atomic E-state index is -0.828. The zero-order chi connectivity index (χ0) is 8.55. The number of fused-ring (bicyclic) bond motifs is 1. The highest BCUT2D eigenvalue weighted by Gasteiger charge is 2.33. The highest BCUT2D eigenvalue weighted by atomic mass is 16.5. The van der Waals surface area contributed by atoms with Crippen LogP contribution in [-0.4, -0.2) is 18.7 Å². The molecule has 2 rings (SSSR count). The molecule has 0 aliphatic carbocycles. The average molecular weight is 162 g/mol. The molecule has 1 unspecified atom stereocenters. The third-order valence-corrected chi connectivity index (χ3v) is 2.05. The summed E-state index contributed by atoms with van der Waals surface area (Å²) in [4.78, 5) is 0. The van der Waals surface area contributed by atoms with Gasteiger partial charge in [-0.2, -0.15) is 0 Å². The molecule has 1 aromatic carbocycles. The van der Waals surface area contributed by atoms with Crippen LogP contribution in [0.2, 0.25) is 0 Å². The minimum Gasteiger partial charge on any atom is -0.423 e. The Morgan fingerprint density at radius 1 is 1.75 bits per heavy atom. The molecule has 12 heavy (non-hydrogen) atoms. The van der Waals surface area contributed by atoms with Gasteiger partial charge in [-0.15, -0.1) is 0 Å². The van der Waals surface area contributed by atoms with E-state index in [0.29, 0.717) is 6.54 Å². The Balaban J connectivity index is 2.43. The van der Waals surface area contributed by atoms with Crippen LogP contribution >= 0.6 is 0 Å². The smallest absolute Gasteiger partial charge is 0.423 e. The van der Waals surface area contributed by atoms with Crippen molar-refractivity contribution in [1.29, 1.82) is 0 Å². The average Bonchev–Trinajstić information content (AvgIpc) is 2.44. The van der Waals surface area contributed by atoms with Crippen LogP contribution in [0.1, 0.15) is 11.7 Å². The van der Waals surface area contributed by atoms with Crippen molar-refractivity contribution in [2.45, 2.75) is 6.10 Å². The summed E-state index contributed by atoms with van der Waals surface area (Å²) >= 11 is 0. The Morgan fingerprint density at radius 2 is 2.58 bits per heavy atom. The maximum atomic E-state index is 9.39. The molecular weight excluding hydrogens is 153 g/mol. The van der Waals surface area contributed by atoms with Crippen molar-refractivity contribution in [2.24, 2.45) is 5.73 Å². The maximum absolute atomic E-state index is 9.39. The summed E-state index contributed by atoms with van der Waals surface area (Å²) in [6, 6.07) is 8.29. The van der Waals surface area contributed by atoms with Crippen molar-refractivity contribution >= 4 is 12.6 Å². The first-order valence-corrected chi connectivity index (χ1v) is 3.86. The van der Waals surface area contributed by atoms with Crippen molar-refractivity contribution < 1.29 is 9.68 Å². The second-order valence-corrected chi connectivity index (χ2v) is 2.77. The van der Waals surface area contributed by atoms with Crippen LogP contribution in [0, 0.1) is 6.07 Å². The molecule has 0 spiro atoms. The van der Waals surface area contributed by atoms with Gasteiger partial charge in [0, 0.05) is 6.54 Å². The highest BCUT2D eigenvalue weighted by molar-refractivity contribution is 6.61. The van der Waals surface area contributed by atoms with Gasteiger partial charge in [-0.3, -0.25) is 0 Å². The molecule has 61 valence electrons. The summed E-state index contributed by atoms with van der Waals surface area (Å²) in [5.74, 6) is 0. The van der Waals surface area contributed by atoms with Gasteiger partial charge in [0.05, 0.1) is 6.10 Å². The molecular formula is C8H9BNO2. The van der Waals surface area contributed by atoms with Crippen molar-refractivity contribution in [2.75, 3.05) is 6.54 Å². The van der Waals surface area contributed by atoms with E-state index >= 15 is 0 Å². The monoisotopic (exact) mass is 162 g/mol. The molecule has 1 aromatic rings. The van der Waals surface area contributed by atoms with Crippen molar-refractivity contribution in [1.82, 2.24) is 0 Å². The summed E-state index contributed by atoms with van der Waals surface area (Å²) in [5.41, 5.74) is 7.23. The SMILES string of the molecule is NCC1OB(O)c2c[c]ccc21. The molecule has 0 saturated carbocycles. The number of hydrogen-bond donors (Lipinski definition) is 2. The van der Waals surface area contributed by atoms with Crippen LogP contribution in [0.5, 0.6) is 0 Å². The predicted octanol–water partition coefficient (Wildman–Crippen LogP) is -0.796. The van der Waals surface area contributed by atoms with Crippen molar-refractivity contribution in [3.63, 3.8) is 0 Å². The summed E-state index contributed by atoms with van der Waals surface area (Å²) in [6.07, 6.45) is -0.162. The van der Waals surface area contributed by atoms with E-state index in [1.807, 2.05) is 6.07 Å². The Labute approximate surface area is 71.3 Å². The molecule has 0 amide bonds. The first-order chi connectivity index (χ1) is 5.83. The van der Waals surface area contributed by atoms with Crippen LogP contribution in [0.25, 0.3) is 0 Å². The lowest BCUT2D eigenvalue weighted by Gasteiger charge is -2.07. The van der Waals surface area contributed by atoms with Crippen LogP contribution in [0.15, 0.2) is 18.2 Å². The fraction of sp³-hybridized carbons (Fsp3) is 0.250. The van der Waals surface area contributed by atoms with Crippen LogP contribution in [0.3, 0.4) is 0 Å². The van der Waals surface area contributed by atoms with E-state index in [1.165, 1.54) is 0 Å². The van der Waals surface area contributed by atoms with Gasteiger partial charge in [-0.25, -0.2) is 0 Å². The Bertz CT molecular complexity index is 292. The molecule has 1 radical (unpaired) electrons. The summed E-state index contributed by atoms with van der Waals surface area (Å²) in [6.45, 7) is 0.397. The molecule has 0 bridgehead atoms. The fourth-order valence-corrected chi connectivity index (χ4v) is 1.45. The topological polar surface area (TPSA) is 55.5 Å². The third kappa shape index (κ3) is 1.05. The van der Waals surface area contributed by atoms with Gasteiger partial charge in [0.25, 0.3) is 0 Å². The van der Waals surface area contributed by atoms with E-state index in [4.69, 9.17) is 10.4 Å². The first kappa shape index (κ1) is 7.80. The molecule has 0 fully saturated rings. The third-order valence-electron chi connectivity index (χ3n) is 2.05. The van der Waals surface area contributed by atoms with Gasteiger partial charge in [0.15, 0.2) is 0 Å². The van der Waals surface area contributed by atoms with E-state index in [1.54, 1.807) is 12.1 Å². The zero-order valence-electron chi connectivity index (χ0n) is 6.53. The van der Waals surface area contributed by atoms with Gasteiger partial charge in [0.2, 0.25) is 0 Å². The van der Waals surface area contributed by atoms with Gasteiger partial charge in [0.1, 0.15) is 0 Å². The van der Waals surface area contributed by atoms with E-state index in [-0.39, 0.29) is 6.10 Å². The van der Waals surface area contributed by atoms with Gasteiger partial charge in [-0.05, 0) is 17.1 Å². The van der Waals surface area contributed by atoms with Crippen LogP contribution in [-0.2, 0) is 4.65 Å². The number of nitrogens with two attached hydrogens (primary N) is 1. The molecule has 1 aliphatic heterocycles. The Hall–Kier alpha value is -0.835. The molecule has 0 saturated heterocycles. The molecule has 3 nitrogen and oxygen atoms in total. The zero-order valence-corrected chi connectivity index (χ0v) is 6.53. The summed E-state index contributed by atoms with van der Waals surface area (Å²) in [5, 5.41) is 9.39.